The van der Waals surface area contributed by atoms with Gasteiger partial charge in [-0.1, -0.05) is 13.5 Å². The lowest BCUT2D eigenvalue weighted by atomic mass is 10.1. The highest BCUT2D eigenvalue weighted by Gasteiger charge is 2.30. The zero-order valence-electron chi connectivity index (χ0n) is 8.88. The molecule has 0 aliphatic rings. The van der Waals surface area contributed by atoms with Crippen molar-refractivity contribution in [1.82, 2.24) is 10.3 Å². The smallest absolute Gasteiger partial charge is 0.383 e. The highest BCUT2D eigenvalue weighted by molar-refractivity contribution is 5.19. The Kier molecular flexibility index (Phi) is 3.93. The van der Waals surface area contributed by atoms with Crippen molar-refractivity contribution in [3.63, 3.8) is 0 Å². The maximum atomic E-state index is 12.3. The number of halogens is 3. The Balaban J connectivity index is 2.89. The van der Waals surface area contributed by atoms with Crippen LogP contribution in [0.25, 0.3) is 0 Å². The molecule has 2 nitrogen and oxygen atoms in total. The summed E-state index contributed by atoms with van der Waals surface area (Å²) in [5.41, 5.74) is -0.153. The summed E-state index contributed by atoms with van der Waals surface area (Å²) >= 11 is 0. The van der Waals surface area contributed by atoms with Gasteiger partial charge < -0.3 is 5.32 Å². The Labute approximate surface area is 92.2 Å². The maximum absolute atomic E-state index is 12.3. The second-order valence-electron chi connectivity index (χ2n) is 3.30. The molecule has 0 fully saturated rings. The van der Waals surface area contributed by atoms with E-state index in [1.165, 1.54) is 12.3 Å². The van der Waals surface area contributed by atoms with E-state index in [1.807, 2.05) is 6.92 Å². The summed E-state index contributed by atoms with van der Waals surface area (Å²) in [6.07, 6.45) is -1.25. The molecule has 0 aliphatic carbocycles. The molecule has 16 heavy (non-hydrogen) atoms. The first-order valence-electron chi connectivity index (χ1n) is 4.89. The zero-order valence-corrected chi connectivity index (χ0v) is 8.88. The maximum Gasteiger partial charge on any atom is 0.417 e. The van der Waals surface area contributed by atoms with Crippen LogP contribution in [0.4, 0.5) is 13.2 Å². The van der Waals surface area contributed by atoms with E-state index >= 15 is 0 Å². The molecule has 1 rings (SSSR count). The summed E-state index contributed by atoms with van der Waals surface area (Å²) in [4.78, 5) is 3.80. The first-order chi connectivity index (χ1) is 7.49. The van der Waals surface area contributed by atoms with Crippen molar-refractivity contribution >= 4 is 0 Å². The van der Waals surface area contributed by atoms with E-state index in [1.54, 1.807) is 0 Å². The number of pyridine rings is 1. The van der Waals surface area contributed by atoms with Crippen molar-refractivity contribution in [1.29, 1.82) is 0 Å². The number of nitrogens with zero attached hydrogens (tertiary/aromatic N) is 1. The minimum absolute atomic E-state index is 0.0974. The zero-order chi connectivity index (χ0) is 12.2. The Morgan fingerprint density at radius 1 is 1.50 bits per heavy atom. The molecule has 1 aromatic heterocycles. The monoisotopic (exact) mass is 230 g/mol. The lowest BCUT2D eigenvalue weighted by Crippen LogP contribution is -2.16. The van der Waals surface area contributed by atoms with E-state index in [9.17, 15) is 13.2 Å². The molecular weight excluding hydrogens is 217 g/mol. The number of nitrogens with one attached hydrogen (secondary N) is 1. The summed E-state index contributed by atoms with van der Waals surface area (Å²) in [6, 6.07) is 2.32. The van der Waals surface area contributed by atoms with Crippen molar-refractivity contribution in [2.24, 2.45) is 0 Å². The molecule has 0 aliphatic heterocycles. The Morgan fingerprint density at radius 2 is 2.19 bits per heavy atom. The molecule has 1 unspecified atom stereocenters. The second-order valence-corrected chi connectivity index (χ2v) is 3.30. The van der Waals surface area contributed by atoms with Crippen LogP contribution in [0.3, 0.4) is 0 Å². The quantitative estimate of drug-likeness (QED) is 0.858. The van der Waals surface area contributed by atoms with Gasteiger partial charge in [0.1, 0.15) is 0 Å². The van der Waals surface area contributed by atoms with Gasteiger partial charge in [-0.15, -0.1) is 0 Å². The first kappa shape index (κ1) is 12.5. The van der Waals surface area contributed by atoms with E-state index < -0.39 is 11.7 Å². The lowest BCUT2D eigenvalue weighted by molar-refractivity contribution is -0.137. The van der Waals surface area contributed by atoms with Crippen molar-refractivity contribution in [2.75, 3.05) is 0 Å². The third-order valence-corrected chi connectivity index (χ3v) is 2.20. The summed E-state index contributed by atoms with van der Waals surface area (Å²) in [7, 11) is 0. The van der Waals surface area contributed by atoms with Crippen LogP contribution < -0.4 is 5.32 Å². The SMILES string of the molecule is C=CNC(CC)c1ccc(C(F)(F)F)cn1. The summed E-state index contributed by atoms with van der Waals surface area (Å²) in [6.45, 7) is 5.43. The fraction of sp³-hybridized carbons (Fsp3) is 0.364. The number of aromatic nitrogens is 1. The Hall–Kier alpha value is -1.52. The van der Waals surface area contributed by atoms with E-state index in [0.29, 0.717) is 5.69 Å². The summed E-state index contributed by atoms with van der Waals surface area (Å²) < 4.78 is 36.8. The average molecular weight is 230 g/mol. The molecule has 0 aromatic carbocycles. The topological polar surface area (TPSA) is 24.9 Å². The Bertz CT molecular complexity index is 343. The highest BCUT2D eigenvalue weighted by Crippen LogP contribution is 2.29. The van der Waals surface area contributed by atoms with Gasteiger partial charge in [0.2, 0.25) is 0 Å². The molecule has 0 saturated carbocycles. The molecule has 0 saturated heterocycles. The number of hydrogen-bond donors (Lipinski definition) is 1. The van der Waals surface area contributed by atoms with Crippen LogP contribution in [0.2, 0.25) is 0 Å². The van der Waals surface area contributed by atoms with Crippen LogP contribution in [-0.4, -0.2) is 4.98 Å². The molecule has 1 atom stereocenters. The van der Waals surface area contributed by atoms with Gasteiger partial charge in [0, 0.05) is 6.20 Å². The number of hydrogen-bond acceptors (Lipinski definition) is 2. The van der Waals surface area contributed by atoms with E-state index in [2.05, 4.69) is 16.9 Å². The molecule has 88 valence electrons. The van der Waals surface area contributed by atoms with Gasteiger partial charge in [-0.25, -0.2) is 0 Å². The van der Waals surface area contributed by atoms with Crippen LogP contribution in [0.5, 0.6) is 0 Å². The van der Waals surface area contributed by atoms with Gasteiger partial charge >= 0.3 is 6.18 Å². The van der Waals surface area contributed by atoms with Crippen LogP contribution in [0.1, 0.15) is 30.6 Å². The number of rotatable bonds is 4. The van der Waals surface area contributed by atoms with Gasteiger partial charge in [0.15, 0.2) is 0 Å². The van der Waals surface area contributed by atoms with Crippen molar-refractivity contribution < 1.29 is 13.2 Å². The van der Waals surface area contributed by atoms with Gasteiger partial charge in [0.05, 0.1) is 17.3 Å². The largest absolute Gasteiger partial charge is 0.417 e. The molecular formula is C11H13F3N2. The van der Waals surface area contributed by atoms with Gasteiger partial charge in [-0.2, -0.15) is 13.2 Å². The molecule has 1 N–H and O–H groups in total. The van der Waals surface area contributed by atoms with Crippen molar-refractivity contribution in [3.05, 3.63) is 42.4 Å². The van der Waals surface area contributed by atoms with Crippen molar-refractivity contribution in [2.45, 2.75) is 25.6 Å². The molecule has 0 bridgehead atoms. The van der Waals surface area contributed by atoms with Gasteiger partial charge in [-0.3, -0.25) is 4.98 Å². The summed E-state index contributed by atoms with van der Waals surface area (Å²) in [5.74, 6) is 0. The molecule has 0 amide bonds. The predicted octanol–water partition coefficient (Wildman–Crippen LogP) is 3.28. The lowest BCUT2D eigenvalue weighted by Gasteiger charge is -2.15. The van der Waals surface area contributed by atoms with E-state index in [4.69, 9.17) is 0 Å². The summed E-state index contributed by atoms with van der Waals surface area (Å²) in [5, 5.41) is 2.93. The number of alkyl halides is 3. The molecule has 5 heteroatoms. The van der Waals surface area contributed by atoms with Crippen LogP contribution in [0.15, 0.2) is 31.1 Å². The van der Waals surface area contributed by atoms with E-state index in [-0.39, 0.29) is 6.04 Å². The van der Waals surface area contributed by atoms with Crippen LogP contribution in [0, 0.1) is 0 Å². The predicted molar refractivity (Wildman–Crippen MR) is 55.6 cm³/mol. The molecule has 0 spiro atoms. The second kappa shape index (κ2) is 5.01. The molecule has 1 heterocycles. The average Bonchev–Trinajstić information content (AvgIpc) is 2.25. The Morgan fingerprint density at radius 3 is 2.56 bits per heavy atom. The van der Waals surface area contributed by atoms with E-state index in [0.717, 1.165) is 18.7 Å². The van der Waals surface area contributed by atoms with Crippen molar-refractivity contribution in [3.8, 4) is 0 Å². The minimum atomic E-state index is -4.33. The first-order valence-corrected chi connectivity index (χ1v) is 4.89. The molecule has 0 radical (unpaired) electrons. The fourth-order valence-electron chi connectivity index (χ4n) is 1.33. The third-order valence-electron chi connectivity index (χ3n) is 2.20. The van der Waals surface area contributed by atoms with Crippen LogP contribution >= 0.6 is 0 Å². The third kappa shape index (κ3) is 2.98. The standard InChI is InChI=1S/C11H13F3N2/c1-3-9(15-4-2)10-6-5-8(7-16-10)11(12,13)14/h4-7,9,15H,2-3H2,1H3. The van der Waals surface area contributed by atoms with Gasteiger partial charge in [-0.05, 0) is 24.8 Å². The normalized spacial score (nSPS) is 13.2. The highest BCUT2D eigenvalue weighted by atomic mass is 19.4. The minimum Gasteiger partial charge on any atom is -0.383 e. The molecule has 1 aromatic rings. The van der Waals surface area contributed by atoms with Crippen LogP contribution in [-0.2, 0) is 6.18 Å². The fourth-order valence-corrected chi connectivity index (χ4v) is 1.33. The van der Waals surface area contributed by atoms with Gasteiger partial charge in [0.25, 0.3) is 0 Å².